The Kier molecular flexibility index (Phi) is 5.21. The van der Waals surface area contributed by atoms with Crippen molar-refractivity contribution in [1.29, 1.82) is 0 Å². The molecular formula is C15H22ClNO. The van der Waals surface area contributed by atoms with E-state index in [9.17, 15) is 4.79 Å². The molecule has 0 saturated carbocycles. The number of carbonyl (C=O) groups is 1. The van der Waals surface area contributed by atoms with E-state index >= 15 is 0 Å². The van der Waals surface area contributed by atoms with Gasteiger partial charge in [0.25, 0.3) is 0 Å². The molecule has 100 valence electrons. The minimum atomic E-state index is -0.387. The van der Waals surface area contributed by atoms with Crippen molar-refractivity contribution in [3.63, 3.8) is 0 Å². The van der Waals surface area contributed by atoms with Crippen molar-refractivity contribution in [2.24, 2.45) is 5.92 Å². The lowest BCUT2D eigenvalue weighted by Gasteiger charge is -2.26. The zero-order valence-corrected chi connectivity index (χ0v) is 12.3. The summed E-state index contributed by atoms with van der Waals surface area (Å²) in [5, 5.41) is 2.91. The van der Waals surface area contributed by atoms with Gasteiger partial charge in [-0.2, -0.15) is 0 Å². The van der Waals surface area contributed by atoms with Gasteiger partial charge in [-0.1, -0.05) is 38.1 Å². The van der Waals surface area contributed by atoms with Gasteiger partial charge in [-0.25, -0.2) is 0 Å². The van der Waals surface area contributed by atoms with Gasteiger partial charge in [-0.05, 0) is 37.3 Å². The first kappa shape index (κ1) is 15.0. The summed E-state index contributed by atoms with van der Waals surface area (Å²) in [6.07, 6.45) is 1.08. The van der Waals surface area contributed by atoms with Crippen LogP contribution in [0.15, 0.2) is 24.3 Å². The molecule has 2 nitrogen and oxygen atoms in total. The van der Waals surface area contributed by atoms with Crippen molar-refractivity contribution < 1.29 is 4.79 Å². The fraction of sp³-hybridized carbons (Fsp3) is 0.533. The molecule has 0 radical (unpaired) electrons. The third kappa shape index (κ3) is 4.34. The summed E-state index contributed by atoms with van der Waals surface area (Å²) in [6, 6.07) is 8.41. The smallest absolute Gasteiger partial charge is 0.235 e. The maximum absolute atomic E-state index is 11.4. The van der Waals surface area contributed by atoms with E-state index < -0.39 is 0 Å². The first-order valence-electron chi connectivity index (χ1n) is 6.31. The minimum Gasteiger partial charge on any atom is -0.346 e. The Balaban J connectivity index is 2.80. The zero-order chi connectivity index (χ0) is 13.8. The van der Waals surface area contributed by atoms with Crippen LogP contribution < -0.4 is 5.32 Å². The molecule has 1 rings (SSSR count). The third-order valence-electron chi connectivity index (χ3n) is 2.89. The van der Waals surface area contributed by atoms with Crippen LogP contribution in [-0.2, 0) is 16.8 Å². The maximum atomic E-state index is 11.4. The number of carbonyl (C=O) groups excluding carboxylic acids is 1. The Morgan fingerprint density at radius 3 is 2.28 bits per heavy atom. The second-order valence-electron chi connectivity index (χ2n) is 5.60. The van der Waals surface area contributed by atoms with Gasteiger partial charge in [-0.15, -0.1) is 11.6 Å². The van der Waals surface area contributed by atoms with Gasteiger partial charge < -0.3 is 5.32 Å². The van der Waals surface area contributed by atoms with Gasteiger partial charge in [-0.3, -0.25) is 4.79 Å². The largest absolute Gasteiger partial charge is 0.346 e. The van der Waals surface area contributed by atoms with E-state index in [0.717, 1.165) is 12.0 Å². The molecule has 1 amide bonds. The van der Waals surface area contributed by atoms with Gasteiger partial charge in [0.15, 0.2) is 0 Å². The van der Waals surface area contributed by atoms with Gasteiger partial charge in [0, 0.05) is 0 Å². The van der Waals surface area contributed by atoms with Crippen molar-refractivity contribution in [2.45, 2.75) is 39.7 Å². The van der Waals surface area contributed by atoms with Crippen LogP contribution in [0.4, 0.5) is 0 Å². The van der Waals surface area contributed by atoms with Crippen LogP contribution in [0.3, 0.4) is 0 Å². The number of hydrogen-bond donors (Lipinski definition) is 1. The molecule has 18 heavy (non-hydrogen) atoms. The van der Waals surface area contributed by atoms with Gasteiger partial charge in [0.1, 0.15) is 5.88 Å². The summed E-state index contributed by atoms with van der Waals surface area (Å²) in [5.74, 6) is 0.502. The topological polar surface area (TPSA) is 29.1 Å². The Hall–Kier alpha value is -1.02. The standard InChI is InChI=1S/C15H22ClNO/c1-11(2)9-12-5-7-13(8-6-12)15(3,4)17-14(18)10-16/h5-8,11H,9-10H2,1-4H3,(H,17,18). The summed E-state index contributed by atoms with van der Waals surface area (Å²) >= 11 is 5.52. The first-order valence-corrected chi connectivity index (χ1v) is 6.85. The molecule has 0 spiro atoms. The van der Waals surface area contributed by atoms with E-state index in [1.54, 1.807) is 0 Å². The molecule has 0 aromatic heterocycles. The second-order valence-corrected chi connectivity index (χ2v) is 5.87. The summed E-state index contributed by atoms with van der Waals surface area (Å²) in [7, 11) is 0. The molecule has 0 unspecified atom stereocenters. The van der Waals surface area contributed by atoms with E-state index in [1.165, 1.54) is 5.56 Å². The maximum Gasteiger partial charge on any atom is 0.235 e. The van der Waals surface area contributed by atoms with E-state index in [4.69, 9.17) is 11.6 Å². The quantitative estimate of drug-likeness (QED) is 0.813. The molecule has 1 aromatic rings. The molecule has 0 aliphatic rings. The molecular weight excluding hydrogens is 246 g/mol. The van der Waals surface area contributed by atoms with Crippen molar-refractivity contribution in [2.75, 3.05) is 5.88 Å². The highest BCUT2D eigenvalue weighted by Gasteiger charge is 2.22. The highest BCUT2D eigenvalue weighted by molar-refractivity contribution is 6.27. The van der Waals surface area contributed by atoms with Crippen molar-refractivity contribution in [1.82, 2.24) is 5.32 Å². The molecule has 0 aliphatic heterocycles. The number of amides is 1. The average molecular weight is 268 g/mol. The van der Waals surface area contributed by atoms with E-state index in [0.29, 0.717) is 5.92 Å². The predicted octanol–water partition coefficient (Wildman–Crippen LogP) is 3.48. The van der Waals surface area contributed by atoms with Crippen LogP contribution in [0.25, 0.3) is 0 Å². The molecule has 0 heterocycles. The number of nitrogens with one attached hydrogen (secondary N) is 1. The number of alkyl halides is 1. The van der Waals surface area contributed by atoms with E-state index in [2.05, 4.69) is 43.4 Å². The van der Waals surface area contributed by atoms with Crippen LogP contribution in [-0.4, -0.2) is 11.8 Å². The second kappa shape index (κ2) is 6.24. The molecule has 0 bridgehead atoms. The van der Waals surface area contributed by atoms with Crippen LogP contribution in [0.1, 0.15) is 38.8 Å². The Morgan fingerprint density at radius 2 is 1.83 bits per heavy atom. The van der Waals surface area contributed by atoms with Gasteiger partial charge in [0.05, 0.1) is 5.54 Å². The molecule has 0 saturated heterocycles. The Morgan fingerprint density at radius 1 is 1.28 bits per heavy atom. The monoisotopic (exact) mass is 267 g/mol. The summed E-state index contributed by atoms with van der Waals surface area (Å²) in [4.78, 5) is 11.4. The van der Waals surface area contributed by atoms with E-state index in [-0.39, 0.29) is 17.3 Å². The summed E-state index contributed by atoms with van der Waals surface area (Å²) in [5.41, 5.74) is 2.03. The van der Waals surface area contributed by atoms with Crippen molar-refractivity contribution in [3.8, 4) is 0 Å². The minimum absolute atomic E-state index is 0.00510. The molecule has 0 aliphatic carbocycles. The average Bonchev–Trinajstić information content (AvgIpc) is 2.28. The van der Waals surface area contributed by atoms with Gasteiger partial charge in [0.2, 0.25) is 5.91 Å². The first-order chi connectivity index (χ1) is 8.35. The Labute approximate surface area is 115 Å². The molecule has 0 fully saturated rings. The highest BCUT2D eigenvalue weighted by atomic mass is 35.5. The molecule has 0 atom stereocenters. The van der Waals surface area contributed by atoms with Crippen LogP contribution in [0, 0.1) is 5.92 Å². The third-order valence-corrected chi connectivity index (χ3v) is 3.14. The number of benzene rings is 1. The number of rotatable bonds is 5. The van der Waals surface area contributed by atoms with Crippen molar-refractivity contribution >= 4 is 17.5 Å². The normalized spacial score (nSPS) is 11.7. The van der Waals surface area contributed by atoms with E-state index in [1.807, 2.05) is 13.8 Å². The lowest BCUT2D eigenvalue weighted by Crippen LogP contribution is -2.41. The fourth-order valence-electron chi connectivity index (χ4n) is 1.98. The highest BCUT2D eigenvalue weighted by Crippen LogP contribution is 2.21. The summed E-state index contributed by atoms with van der Waals surface area (Å²) < 4.78 is 0. The van der Waals surface area contributed by atoms with Crippen LogP contribution in [0.5, 0.6) is 0 Å². The molecule has 3 heteroatoms. The Bertz CT molecular complexity index is 395. The molecule has 1 aromatic carbocycles. The van der Waals surface area contributed by atoms with Crippen molar-refractivity contribution in [3.05, 3.63) is 35.4 Å². The SMILES string of the molecule is CC(C)Cc1ccc(C(C)(C)NC(=O)CCl)cc1. The number of halogens is 1. The number of hydrogen-bond acceptors (Lipinski definition) is 1. The lowest BCUT2D eigenvalue weighted by molar-refractivity contribution is -0.120. The predicted molar refractivity (Wildman–Crippen MR) is 76.9 cm³/mol. The summed E-state index contributed by atoms with van der Waals surface area (Å²) in [6.45, 7) is 8.38. The van der Waals surface area contributed by atoms with Crippen LogP contribution in [0.2, 0.25) is 0 Å². The molecule has 1 N–H and O–H groups in total. The fourth-order valence-corrected chi connectivity index (χ4v) is 2.05. The lowest BCUT2D eigenvalue weighted by atomic mass is 9.92. The van der Waals surface area contributed by atoms with Gasteiger partial charge >= 0.3 is 0 Å². The van der Waals surface area contributed by atoms with Crippen LogP contribution >= 0.6 is 11.6 Å². The zero-order valence-electron chi connectivity index (χ0n) is 11.6.